The van der Waals surface area contributed by atoms with Gasteiger partial charge in [0.15, 0.2) is 11.5 Å². The Balaban J connectivity index is 1.68. The van der Waals surface area contributed by atoms with E-state index in [2.05, 4.69) is 10.1 Å². The normalized spacial score (nSPS) is 20.7. The lowest BCUT2D eigenvalue weighted by molar-refractivity contribution is -0.274. The molecule has 0 bridgehead atoms. The van der Waals surface area contributed by atoms with Gasteiger partial charge in [-0.15, -0.1) is 13.2 Å². The highest BCUT2D eigenvalue weighted by atomic mass is 19.4. The summed E-state index contributed by atoms with van der Waals surface area (Å²) in [6.45, 7) is 1.83. The number of benzene rings is 2. The smallest absolute Gasteiger partial charge is 0.454 e. The van der Waals surface area contributed by atoms with Gasteiger partial charge in [0.2, 0.25) is 12.7 Å². The molecule has 8 heteroatoms. The summed E-state index contributed by atoms with van der Waals surface area (Å²) in [6, 6.07) is 9.18. The van der Waals surface area contributed by atoms with Gasteiger partial charge in [-0.1, -0.05) is 6.07 Å². The number of halogens is 3. The average molecular weight is 365 g/mol. The van der Waals surface area contributed by atoms with Gasteiger partial charge in [-0.2, -0.15) is 0 Å². The summed E-state index contributed by atoms with van der Waals surface area (Å²) < 4.78 is 52.1. The topological polar surface area (TPSA) is 56.8 Å². The molecule has 0 fully saturated rings. The van der Waals surface area contributed by atoms with Crippen LogP contribution in [0.4, 0.5) is 18.9 Å². The lowest BCUT2D eigenvalue weighted by Gasteiger charge is -2.23. The Labute approximate surface area is 146 Å². The highest BCUT2D eigenvalue weighted by molar-refractivity contribution is 6.06. The molecule has 0 radical (unpaired) electrons. The molecule has 1 amide bonds. The van der Waals surface area contributed by atoms with Crippen LogP contribution in [0.2, 0.25) is 0 Å². The Hall–Kier alpha value is -2.90. The molecule has 0 saturated heterocycles. The first-order chi connectivity index (χ1) is 12.2. The van der Waals surface area contributed by atoms with E-state index in [1.165, 1.54) is 18.2 Å². The summed E-state index contributed by atoms with van der Waals surface area (Å²) in [6.07, 6.45) is -4.50. The summed E-state index contributed by atoms with van der Waals surface area (Å²) in [5.74, 6) is 0.564. The van der Waals surface area contributed by atoms with Gasteiger partial charge in [0.1, 0.15) is 5.75 Å². The van der Waals surface area contributed by atoms with E-state index in [0.29, 0.717) is 22.7 Å². The van der Waals surface area contributed by atoms with Crippen LogP contribution in [0.1, 0.15) is 18.1 Å². The minimum absolute atomic E-state index is 0.136. The van der Waals surface area contributed by atoms with Crippen LogP contribution < -0.4 is 19.5 Å². The van der Waals surface area contributed by atoms with Gasteiger partial charge in [0.25, 0.3) is 0 Å². The van der Waals surface area contributed by atoms with Crippen molar-refractivity contribution in [2.45, 2.75) is 25.1 Å². The summed E-state index contributed by atoms with van der Waals surface area (Å²) in [5.41, 5.74) is 0.713. The molecule has 0 aromatic heterocycles. The number of fused-ring (bicyclic) bond motifs is 2. The molecule has 1 N–H and O–H groups in total. The molecular weight excluding hydrogens is 351 g/mol. The van der Waals surface area contributed by atoms with E-state index in [0.717, 1.165) is 5.56 Å². The summed E-state index contributed by atoms with van der Waals surface area (Å²) in [5, 5.41) is 2.72. The van der Waals surface area contributed by atoms with Crippen LogP contribution in [0.5, 0.6) is 17.2 Å². The Morgan fingerprint density at radius 2 is 1.92 bits per heavy atom. The number of anilines is 1. The van der Waals surface area contributed by atoms with Crippen molar-refractivity contribution in [1.29, 1.82) is 0 Å². The molecule has 0 aliphatic carbocycles. The van der Waals surface area contributed by atoms with Gasteiger partial charge >= 0.3 is 6.36 Å². The zero-order valence-corrected chi connectivity index (χ0v) is 13.6. The van der Waals surface area contributed by atoms with E-state index in [1.807, 2.05) is 0 Å². The Morgan fingerprint density at radius 3 is 2.69 bits per heavy atom. The number of carbonyl (C=O) groups is 1. The molecule has 136 valence electrons. The van der Waals surface area contributed by atoms with Crippen LogP contribution in [0.25, 0.3) is 0 Å². The fourth-order valence-corrected chi connectivity index (χ4v) is 3.30. The van der Waals surface area contributed by atoms with Crippen LogP contribution in [-0.2, 0) is 16.6 Å². The standard InChI is InChI=1S/C18H14F3NO4/c1-17(8-10-2-5-14-15(6-10)25-9-24-14)12-7-11(26-18(19,20)21)3-4-13(12)22-16(17)23/h2-7H,8-9H2,1H3,(H,22,23). The van der Waals surface area contributed by atoms with E-state index in [4.69, 9.17) is 9.47 Å². The second-order valence-electron chi connectivity index (χ2n) is 6.41. The number of carbonyl (C=O) groups excluding carboxylic acids is 1. The van der Waals surface area contributed by atoms with Crippen molar-refractivity contribution >= 4 is 11.6 Å². The lowest BCUT2D eigenvalue weighted by atomic mass is 9.78. The SMILES string of the molecule is CC1(Cc2ccc3c(c2)OCO3)C(=O)Nc2ccc(OC(F)(F)F)cc21. The van der Waals surface area contributed by atoms with Crippen molar-refractivity contribution in [3.8, 4) is 17.2 Å². The number of hydrogen-bond acceptors (Lipinski definition) is 4. The molecule has 4 rings (SSSR count). The van der Waals surface area contributed by atoms with Crippen LogP contribution >= 0.6 is 0 Å². The quantitative estimate of drug-likeness (QED) is 0.900. The molecule has 2 heterocycles. The average Bonchev–Trinajstić information content (AvgIpc) is 3.10. The first-order valence-electron chi connectivity index (χ1n) is 7.85. The lowest BCUT2D eigenvalue weighted by Crippen LogP contribution is -2.33. The van der Waals surface area contributed by atoms with Gasteiger partial charge in [0, 0.05) is 5.69 Å². The molecule has 26 heavy (non-hydrogen) atoms. The highest BCUT2D eigenvalue weighted by Gasteiger charge is 2.43. The van der Waals surface area contributed by atoms with Crippen molar-refractivity contribution in [3.63, 3.8) is 0 Å². The fourth-order valence-electron chi connectivity index (χ4n) is 3.30. The third-order valence-electron chi connectivity index (χ3n) is 4.56. The van der Waals surface area contributed by atoms with Gasteiger partial charge < -0.3 is 19.5 Å². The number of hydrogen-bond donors (Lipinski definition) is 1. The predicted molar refractivity (Wildman–Crippen MR) is 85.4 cm³/mol. The zero-order chi connectivity index (χ0) is 18.5. The van der Waals surface area contributed by atoms with Crippen molar-refractivity contribution in [3.05, 3.63) is 47.5 Å². The van der Waals surface area contributed by atoms with Crippen molar-refractivity contribution < 1.29 is 32.2 Å². The first kappa shape index (κ1) is 16.6. The predicted octanol–water partition coefficient (Wildman–Crippen LogP) is 3.77. The molecule has 2 aromatic rings. The van der Waals surface area contributed by atoms with E-state index < -0.39 is 11.8 Å². The molecule has 5 nitrogen and oxygen atoms in total. The van der Waals surface area contributed by atoms with Crippen molar-refractivity contribution in [2.24, 2.45) is 0 Å². The van der Waals surface area contributed by atoms with Gasteiger partial charge in [0.05, 0.1) is 5.41 Å². The van der Waals surface area contributed by atoms with Crippen LogP contribution in [0.3, 0.4) is 0 Å². The minimum atomic E-state index is -4.79. The molecule has 2 aliphatic heterocycles. The van der Waals surface area contributed by atoms with E-state index in [1.54, 1.807) is 25.1 Å². The maximum atomic E-state index is 12.6. The monoisotopic (exact) mass is 365 g/mol. The van der Waals surface area contributed by atoms with Crippen LogP contribution in [-0.4, -0.2) is 19.1 Å². The zero-order valence-electron chi connectivity index (χ0n) is 13.6. The second kappa shape index (κ2) is 5.55. The third kappa shape index (κ3) is 2.81. The summed E-state index contributed by atoms with van der Waals surface area (Å²) in [4.78, 5) is 12.6. The van der Waals surface area contributed by atoms with Crippen molar-refractivity contribution in [2.75, 3.05) is 12.1 Å². The maximum absolute atomic E-state index is 12.6. The van der Waals surface area contributed by atoms with Crippen LogP contribution in [0, 0.1) is 0 Å². The molecule has 0 spiro atoms. The number of alkyl halides is 3. The molecule has 2 aliphatic rings. The van der Waals surface area contributed by atoms with Gasteiger partial charge in [-0.25, -0.2) is 0 Å². The Kier molecular flexibility index (Phi) is 3.54. The van der Waals surface area contributed by atoms with Gasteiger partial charge in [-0.3, -0.25) is 4.79 Å². The molecular formula is C18H14F3NO4. The molecule has 1 atom stereocenters. The number of rotatable bonds is 3. The van der Waals surface area contributed by atoms with Crippen LogP contribution in [0.15, 0.2) is 36.4 Å². The molecule has 1 unspecified atom stereocenters. The number of ether oxygens (including phenoxy) is 3. The third-order valence-corrected chi connectivity index (χ3v) is 4.56. The Bertz CT molecular complexity index is 896. The highest BCUT2D eigenvalue weighted by Crippen LogP contribution is 2.43. The molecule has 0 saturated carbocycles. The minimum Gasteiger partial charge on any atom is -0.454 e. The maximum Gasteiger partial charge on any atom is 0.573 e. The first-order valence-corrected chi connectivity index (χ1v) is 7.85. The molecule has 2 aromatic carbocycles. The largest absolute Gasteiger partial charge is 0.573 e. The van der Waals surface area contributed by atoms with E-state index in [-0.39, 0.29) is 24.9 Å². The number of nitrogens with one attached hydrogen (secondary N) is 1. The Morgan fingerprint density at radius 1 is 1.15 bits per heavy atom. The van der Waals surface area contributed by atoms with Crippen molar-refractivity contribution in [1.82, 2.24) is 0 Å². The van der Waals surface area contributed by atoms with E-state index >= 15 is 0 Å². The second-order valence-corrected chi connectivity index (χ2v) is 6.41. The fraction of sp³-hybridized carbons (Fsp3) is 0.278. The summed E-state index contributed by atoms with van der Waals surface area (Å²) in [7, 11) is 0. The van der Waals surface area contributed by atoms with Gasteiger partial charge in [-0.05, 0) is 54.8 Å². The van der Waals surface area contributed by atoms with E-state index in [9.17, 15) is 18.0 Å². The number of amides is 1. The summed E-state index contributed by atoms with van der Waals surface area (Å²) >= 11 is 0.